The number of ketones is 2. The van der Waals surface area contributed by atoms with Crippen molar-refractivity contribution in [1.29, 1.82) is 0 Å². The van der Waals surface area contributed by atoms with Crippen molar-refractivity contribution in [2.24, 2.45) is 0 Å². The number of aromatic hydroxyl groups is 1. The van der Waals surface area contributed by atoms with Crippen LogP contribution in [0.5, 0.6) is 5.75 Å². The molecule has 4 atom stereocenters. The van der Waals surface area contributed by atoms with Crippen LogP contribution in [0.1, 0.15) is 121 Å². The minimum atomic E-state index is -1.20. The predicted octanol–water partition coefficient (Wildman–Crippen LogP) is 1.70. The molecule has 1 aliphatic rings. The van der Waals surface area contributed by atoms with Gasteiger partial charge in [-0.2, -0.15) is 0 Å². The van der Waals surface area contributed by atoms with E-state index in [0.717, 1.165) is 56.9 Å². The fourth-order valence-corrected chi connectivity index (χ4v) is 11.6. The summed E-state index contributed by atoms with van der Waals surface area (Å²) in [6.45, 7) is 3.16. The van der Waals surface area contributed by atoms with Gasteiger partial charge in [0, 0.05) is 63.5 Å². The number of amides is 5. The maximum absolute atomic E-state index is 13.4. The number of phenolic OH excluding ortho intramolecular Hbond substituents is 1. The molecule has 1 aliphatic heterocycles. The monoisotopic (exact) mass is 1400 g/mol. The van der Waals surface area contributed by atoms with Gasteiger partial charge in [0.2, 0.25) is 29.5 Å². The molecule has 30 nitrogen and oxygen atoms in total. The summed E-state index contributed by atoms with van der Waals surface area (Å²) in [5.74, 6) is -4.33. The van der Waals surface area contributed by atoms with Crippen molar-refractivity contribution < 1.29 is 106 Å². The number of ether oxygens (including phenoxy) is 8. The van der Waals surface area contributed by atoms with Gasteiger partial charge in [0.25, 0.3) is 0 Å². The van der Waals surface area contributed by atoms with Crippen LogP contribution >= 0.6 is 21.6 Å². The number of carbonyl (C=O) groups is 10. The average molecular weight is 1410 g/mol. The zero-order chi connectivity index (χ0) is 69.9. The number of unbranched alkanes of at least 4 members (excludes halogenated alkanes) is 13. The third-order valence-electron chi connectivity index (χ3n) is 14.5. The van der Waals surface area contributed by atoms with E-state index in [0.29, 0.717) is 30.9 Å². The van der Waals surface area contributed by atoms with E-state index in [9.17, 15) is 63.3 Å². The molecule has 1 saturated heterocycles. The highest BCUT2D eigenvalue weighted by Crippen LogP contribution is 2.24. The highest BCUT2D eigenvalue weighted by atomic mass is 33.1. The van der Waals surface area contributed by atoms with E-state index in [1.54, 1.807) is 24.3 Å². The minimum absolute atomic E-state index is 0.0471. The number of hydrogen-bond donors (Lipinski definition) is 12. The van der Waals surface area contributed by atoms with Gasteiger partial charge >= 0.3 is 17.9 Å². The Labute approximate surface area is 571 Å². The topological polar surface area (TPSA) is 422 Å². The smallest absolute Gasteiger partial charge is 0.326 e. The van der Waals surface area contributed by atoms with Crippen molar-refractivity contribution in [3.05, 3.63) is 29.8 Å². The Kier molecular flexibility index (Phi) is 53.5. The summed E-state index contributed by atoms with van der Waals surface area (Å²) in [5, 5.41) is 59.6. The SMILES string of the molecule is O=C(O)CCCCCCCCCCCCCCCCC(=O)N[C@H](CCC(=O)NCCOCCOCC(=O)NCCOCCOCC(=O)NCCOCCOCC(=O)NCCOCCOCCN[C@@H](Cc1ccc(O)cc1)C(=O)CN[C@H]1CSSC[C@@H](C(=O)O)NCC1=O)C(=O)O. The second-order valence-corrected chi connectivity index (χ2v) is 25.1. The average Bonchev–Trinajstić information content (AvgIpc) is 1.43. The van der Waals surface area contributed by atoms with E-state index in [2.05, 4.69) is 42.5 Å². The lowest BCUT2D eigenvalue weighted by Gasteiger charge is -2.21. The van der Waals surface area contributed by atoms with Crippen LogP contribution in [-0.2, 0) is 92.3 Å². The molecule has 548 valence electrons. The highest BCUT2D eigenvalue weighted by molar-refractivity contribution is 8.76. The van der Waals surface area contributed by atoms with Crippen LogP contribution in [0.3, 0.4) is 0 Å². The van der Waals surface area contributed by atoms with E-state index >= 15 is 0 Å². The predicted molar refractivity (Wildman–Crippen MR) is 359 cm³/mol. The quantitative estimate of drug-likeness (QED) is 0.0326. The van der Waals surface area contributed by atoms with Crippen molar-refractivity contribution in [2.75, 3.05) is 163 Å². The first-order chi connectivity index (χ1) is 46.5. The van der Waals surface area contributed by atoms with E-state index in [1.165, 1.54) is 53.7 Å². The number of nitrogens with one attached hydrogen (secondary N) is 8. The zero-order valence-corrected chi connectivity index (χ0v) is 57.3. The van der Waals surface area contributed by atoms with Gasteiger partial charge in [-0.3, -0.25) is 53.8 Å². The lowest BCUT2D eigenvalue weighted by molar-refractivity contribution is -0.142. The molecule has 0 aliphatic carbocycles. The van der Waals surface area contributed by atoms with Gasteiger partial charge < -0.3 is 90.2 Å². The van der Waals surface area contributed by atoms with Crippen molar-refractivity contribution in [1.82, 2.24) is 42.5 Å². The Bertz CT molecular complexity index is 2320. The number of carbonyl (C=O) groups excluding carboxylic acids is 7. The first-order valence-electron chi connectivity index (χ1n) is 33.5. The summed E-state index contributed by atoms with van der Waals surface area (Å²) in [4.78, 5) is 121. The van der Waals surface area contributed by atoms with Gasteiger partial charge in [-0.15, -0.1) is 0 Å². The second-order valence-electron chi connectivity index (χ2n) is 22.5. The van der Waals surface area contributed by atoms with Gasteiger partial charge in [0.05, 0.1) is 111 Å². The standard InChI is InChI=1S/C64H108N8O22S2/c73-50-19-17-49(18-20-50)41-52(55(74)42-70-53-47-95-96-48-54(64(85)86)71-43-56(53)75)65-23-28-87-33-34-88-30-25-67-59(78)44-93-39-36-90-32-27-69-61(80)46-94-40-37-91-31-26-68-60(79)45-92-38-35-89-29-24-66-57(76)22-21-51(63(83)84)72-58(77)15-13-11-9-7-5-3-1-2-4-6-8-10-12-14-16-62(81)82/h17-20,51-54,65,70-71,73H,1-16,21-48H2,(H,66,76)(H,67,78)(H,68,79)(H,69,80)(H,72,77)(H,81,82)(H,83,84)(H,85,86)/t51-,52+,53+,54+/m1/s1. The van der Waals surface area contributed by atoms with E-state index in [-0.39, 0.29) is 218 Å². The van der Waals surface area contributed by atoms with Crippen molar-refractivity contribution in [3.63, 3.8) is 0 Å². The van der Waals surface area contributed by atoms with Crippen LogP contribution in [0, 0.1) is 0 Å². The van der Waals surface area contributed by atoms with Gasteiger partial charge in [0.1, 0.15) is 37.7 Å². The van der Waals surface area contributed by atoms with Gasteiger partial charge in [-0.1, -0.05) is 111 Å². The molecule has 2 rings (SSSR count). The molecule has 1 aromatic carbocycles. The summed E-state index contributed by atoms with van der Waals surface area (Å²) in [6, 6.07) is 3.26. The van der Waals surface area contributed by atoms with Crippen LogP contribution in [0.25, 0.3) is 0 Å². The Morgan fingerprint density at radius 1 is 0.479 bits per heavy atom. The molecule has 32 heteroatoms. The Hall–Kier alpha value is -5.62. The lowest BCUT2D eigenvalue weighted by Crippen LogP contribution is -2.50. The molecule has 0 radical (unpaired) electrons. The second kappa shape index (κ2) is 59.4. The molecule has 1 heterocycles. The molecule has 0 saturated carbocycles. The summed E-state index contributed by atoms with van der Waals surface area (Å²) in [5.41, 5.74) is 0.819. The Balaban J connectivity index is 1.34. The Morgan fingerprint density at radius 2 is 0.896 bits per heavy atom. The molecule has 0 spiro atoms. The van der Waals surface area contributed by atoms with Crippen molar-refractivity contribution in [2.45, 2.75) is 146 Å². The number of carboxylic acid groups (broad SMARTS) is 3. The molecule has 96 heavy (non-hydrogen) atoms. The molecule has 0 aromatic heterocycles. The van der Waals surface area contributed by atoms with Gasteiger partial charge in [0.15, 0.2) is 11.6 Å². The third-order valence-corrected chi connectivity index (χ3v) is 16.9. The fourth-order valence-electron chi connectivity index (χ4n) is 9.13. The van der Waals surface area contributed by atoms with Crippen LogP contribution < -0.4 is 42.5 Å². The molecule has 1 aromatic rings. The summed E-state index contributed by atoms with van der Waals surface area (Å²) < 4.78 is 43.4. The largest absolute Gasteiger partial charge is 0.508 e. The van der Waals surface area contributed by atoms with E-state index in [1.807, 2.05) is 0 Å². The highest BCUT2D eigenvalue weighted by Gasteiger charge is 2.27. The van der Waals surface area contributed by atoms with E-state index < -0.39 is 42.1 Å². The number of hydrogen-bond acceptors (Lipinski definition) is 24. The maximum Gasteiger partial charge on any atom is 0.326 e. The third kappa shape index (κ3) is 50.7. The fraction of sp³-hybridized carbons (Fsp3) is 0.750. The normalized spacial score (nSPS) is 14.7. The maximum atomic E-state index is 13.4. The van der Waals surface area contributed by atoms with Gasteiger partial charge in [-0.05, 0) is 43.4 Å². The number of Topliss-reactive ketones (excluding diaryl/α,β-unsaturated/α-hetero) is 2. The Morgan fingerprint density at radius 3 is 1.34 bits per heavy atom. The number of carboxylic acids is 3. The minimum Gasteiger partial charge on any atom is -0.508 e. The zero-order valence-electron chi connectivity index (χ0n) is 55.7. The van der Waals surface area contributed by atoms with Crippen LogP contribution in [0.15, 0.2) is 24.3 Å². The molecular weight excluding hydrogens is 1300 g/mol. The number of aliphatic carboxylic acids is 3. The first kappa shape index (κ1) is 86.5. The van der Waals surface area contributed by atoms with Crippen LogP contribution in [-0.4, -0.2) is 267 Å². The molecule has 12 N–H and O–H groups in total. The number of rotatable bonds is 63. The summed E-state index contributed by atoms with van der Waals surface area (Å²) in [6.07, 6.45) is 15.6. The molecule has 5 amide bonds. The van der Waals surface area contributed by atoms with Crippen molar-refractivity contribution in [3.8, 4) is 5.75 Å². The molecular formula is C64H108N8O22S2. The number of benzene rings is 1. The molecule has 0 unspecified atom stereocenters. The summed E-state index contributed by atoms with van der Waals surface area (Å²) in [7, 11) is 2.73. The van der Waals surface area contributed by atoms with Gasteiger partial charge in [-0.25, -0.2) is 4.79 Å². The van der Waals surface area contributed by atoms with Crippen LogP contribution in [0.2, 0.25) is 0 Å². The number of phenols is 1. The van der Waals surface area contributed by atoms with Crippen molar-refractivity contribution >= 4 is 80.6 Å². The lowest BCUT2D eigenvalue weighted by atomic mass is 10.0. The first-order valence-corrected chi connectivity index (χ1v) is 36.0. The molecule has 1 fully saturated rings. The molecule has 0 bridgehead atoms. The summed E-state index contributed by atoms with van der Waals surface area (Å²) >= 11 is 0. The van der Waals surface area contributed by atoms with Crippen LogP contribution in [0.4, 0.5) is 0 Å². The van der Waals surface area contributed by atoms with E-state index in [4.69, 9.17) is 43.0 Å².